The molecular weight excluding hydrogens is 265 g/mol. The van der Waals surface area contributed by atoms with E-state index in [2.05, 4.69) is 5.32 Å². The van der Waals surface area contributed by atoms with Crippen molar-refractivity contribution in [2.45, 2.75) is 19.8 Å². The van der Waals surface area contributed by atoms with Gasteiger partial charge in [0.1, 0.15) is 11.6 Å². The molecule has 0 heterocycles. The van der Waals surface area contributed by atoms with Crippen molar-refractivity contribution in [1.82, 2.24) is 5.32 Å². The van der Waals surface area contributed by atoms with Crippen molar-refractivity contribution in [3.8, 4) is 5.75 Å². The number of carboxylic acid groups (broad SMARTS) is 1. The van der Waals surface area contributed by atoms with Crippen molar-refractivity contribution < 1.29 is 23.8 Å². The molecule has 110 valence electrons. The standard InChI is InChI=1S/C14H18FNO4/c1-10(7-14(18)19)9-16-13(17)5-6-20-12-4-2-3-11(15)8-12/h2-4,8,10H,5-7,9H2,1H3,(H,16,17)(H,18,19). The molecule has 5 nitrogen and oxygen atoms in total. The van der Waals surface area contributed by atoms with Crippen LogP contribution in [0.3, 0.4) is 0 Å². The number of carboxylic acids is 1. The highest BCUT2D eigenvalue weighted by molar-refractivity contribution is 5.76. The molecule has 1 unspecified atom stereocenters. The molecule has 0 aliphatic rings. The van der Waals surface area contributed by atoms with Gasteiger partial charge in [0.05, 0.1) is 13.0 Å². The first kappa shape index (κ1) is 15.9. The minimum Gasteiger partial charge on any atom is -0.493 e. The Balaban J connectivity index is 2.18. The van der Waals surface area contributed by atoms with Gasteiger partial charge in [-0.05, 0) is 18.1 Å². The fourth-order valence-electron chi connectivity index (χ4n) is 1.57. The summed E-state index contributed by atoms with van der Waals surface area (Å²) in [5.74, 6) is -1.26. The van der Waals surface area contributed by atoms with E-state index in [4.69, 9.17) is 9.84 Å². The van der Waals surface area contributed by atoms with E-state index in [1.54, 1.807) is 13.0 Å². The van der Waals surface area contributed by atoms with Gasteiger partial charge in [-0.2, -0.15) is 0 Å². The van der Waals surface area contributed by atoms with Gasteiger partial charge in [0.25, 0.3) is 0 Å². The summed E-state index contributed by atoms with van der Waals surface area (Å²) < 4.78 is 18.1. The first-order valence-corrected chi connectivity index (χ1v) is 6.34. The molecule has 0 radical (unpaired) electrons. The maximum absolute atomic E-state index is 12.9. The van der Waals surface area contributed by atoms with E-state index < -0.39 is 11.8 Å². The highest BCUT2D eigenvalue weighted by Gasteiger charge is 2.09. The molecule has 0 aliphatic heterocycles. The summed E-state index contributed by atoms with van der Waals surface area (Å²) in [5.41, 5.74) is 0. The Morgan fingerprint density at radius 1 is 1.45 bits per heavy atom. The minimum atomic E-state index is -0.888. The second-order valence-corrected chi connectivity index (χ2v) is 4.56. The van der Waals surface area contributed by atoms with E-state index in [0.29, 0.717) is 12.3 Å². The second-order valence-electron chi connectivity index (χ2n) is 4.56. The lowest BCUT2D eigenvalue weighted by Gasteiger charge is -2.10. The summed E-state index contributed by atoms with van der Waals surface area (Å²) in [7, 11) is 0. The molecule has 0 aromatic heterocycles. The van der Waals surface area contributed by atoms with Crippen LogP contribution in [0.5, 0.6) is 5.75 Å². The normalized spacial score (nSPS) is 11.7. The maximum atomic E-state index is 12.9. The fourth-order valence-corrected chi connectivity index (χ4v) is 1.57. The molecule has 0 spiro atoms. The van der Waals surface area contributed by atoms with Crippen LogP contribution in [0.2, 0.25) is 0 Å². The third-order valence-electron chi connectivity index (χ3n) is 2.56. The zero-order valence-electron chi connectivity index (χ0n) is 11.3. The predicted octanol–water partition coefficient (Wildman–Crippen LogP) is 1.82. The Labute approximate surface area is 116 Å². The molecule has 0 bridgehead atoms. The highest BCUT2D eigenvalue weighted by atomic mass is 19.1. The largest absolute Gasteiger partial charge is 0.493 e. The molecule has 1 atom stereocenters. The van der Waals surface area contributed by atoms with Crippen LogP contribution in [0.15, 0.2) is 24.3 Å². The minimum absolute atomic E-state index is 0.0140. The summed E-state index contributed by atoms with van der Waals surface area (Å²) in [4.78, 5) is 21.9. The van der Waals surface area contributed by atoms with Gasteiger partial charge in [-0.15, -0.1) is 0 Å². The molecule has 1 rings (SSSR count). The van der Waals surface area contributed by atoms with E-state index in [1.807, 2.05) is 0 Å². The Kier molecular flexibility index (Phi) is 6.49. The van der Waals surface area contributed by atoms with Crippen molar-refractivity contribution in [3.05, 3.63) is 30.1 Å². The monoisotopic (exact) mass is 283 g/mol. The van der Waals surface area contributed by atoms with E-state index in [1.165, 1.54) is 18.2 Å². The topological polar surface area (TPSA) is 75.6 Å². The van der Waals surface area contributed by atoms with Crippen molar-refractivity contribution >= 4 is 11.9 Å². The number of nitrogens with one attached hydrogen (secondary N) is 1. The number of hydrogen-bond donors (Lipinski definition) is 2. The van der Waals surface area contributed by atoms with Crippen molar-refractivity contribution in [3.63, 3.8) is 0 Å². The lowest BCUT2D eigenvalue weighted by atomic mass is 10.1. The molecule has 0 aliphatic carbocycles. The average molecular weight is 283 g/mol. The molecule has 2 N–H and O–H groups in total. The van der Waals surface area contributed by atoms with Gasteiger partial charge in [0.2, 0.25) is 5.91 Å². The molecule has 0 saturated heterocycles. The lowest BCUT2D eigenvalue weighted by molar-refractivity contribution is -0.138. The highest BCUT2D eigenvalue weighted by Crippen LogP contribution is 2.11. The number of aliphatic carboxylic acids is 1. The van der Waals surface area contributed by atoms with Crippen LogP contribution >= 0.6 is 0 Å². The summed E-state index contributed by atoms with van der Waals surface area (Å²) in [6, 6.07) is 5.69. The summed E-state index contributed by atoms with van der Waals surface area (Å²) >= 11 is 0. The molecule has 1 aromatic carbocycles. The van der Waals surface area contributed by atoms with Crippen LogP contribution in [0.4, 0.5) is 4.39 Å². The molecule has 20 heavy (non-hydrogen) atoms. The first-order valence-electron chi connectivity index (χ1n) is 6.34. The third kappa shape index (κ3) is 6.72. The molecule has 1 aromatic rings. The fraction of sp³-hybridized carbons (Fsp3) is 0.429. The summed E-state index contributed by atoms with van der Waals surface area (Å²) in [5, 5.41) is 11.2. The van der Waals surface area contributed by atoms with Gasteiger partial charge in [-0.1, -0.05) is 13.0 Å². The van der Waals surface area contributed by atoms with Gasteiger partial charge in [0, 0.05) is 19.0 Å². The van der Waals surface area contributed by atoms with Crippen LogP contribution in [-0.4, -0.2) is 30.1 Å². The number of ether oxygens (including phenoxy) is 1. The van der Waals surface area contributed by atoms with Crippen LogP contribution < -0.4 is 10.1 Å². The van der Waals surface area contributed by atoms with Gasteiger partial charge < -0.3 is 15.2 Å². The van der Waals surface area contributed by atoms with Crippen molar-refractivity contribution in [1.29, 1.82) is 0 Å². The third-order valence-corrected chi connectivity index (χ3v) is 2.56. The van der Waals surface area contributed by atoms with Crippen molar-refractivity contribution in [2.24, 2.45) is 5.92 Å². The summed E-state index contributed by atoms with van der Waals surface area (Å²) in [6.45, 7) is 2.20. The number of halogens is 1. The van der Waals surface area contributed by atoms with Crippen LogP contribution in [0.25, 0.3) is 0 Å². The Morgan fingerprint density at radius 3 is 2.85 bits per heavy atom. The molecule has 0 saturated carbocycles. The molecule has 0 fully saturated rings. The molecule has 6 heteroatoms. The van der Waals surface area contributed by atoms with E-state index in [0.717, 1.165) is 0 Å². The van der Waals surface area contributed by atoms with E-state index >= 15 is 0 Å². The smallest absolute Gasteiger partial charge is 0.303 e. The van der Waals surface area contributed by atoms with Crippen LogP contribution in [-0.2, 0) is 9.59 Å². The number of amides is 1. The predicted molar refractivity (Wildman–Crippen MR) is 70.9 cm³/mol. The SMILES string of the molecule is CC(CNC(=O)CCOc1cccc(F)c1)CC(=O)O. The number of rotatable bonds is 8. The zero-order valence-corrected chi connectivity index (χ0v) is 11.3. The summed E-state index contributed by atoms with van der Waals surface area (Å²) in [6.07, 6.45) is 0.149. The number of carbonyl (C=O) groups is 2. The van der Waals surface area contributed by atoms with Gasteiger partial charge in [-0.25, -0.2) is 4.39 Å². The van der Waals surface area contributed by atoms with E-state index in [9.17, 15) is 14.0 Å². The number of carbonyl (C=O) groups excluding carboxylic acids is 1. The maximum Gasteiger partial charge on any atom is 0.303 e. The Morgan fingerprint density at radius 2 is 2.20 bits per heavy atom. The second kappa shape index (κ2) is 8.14. The Hall–Kier alpha value is -2.11. The van der Waals surface area contributed by atoms with Gasteiger partial charge in [0.15, 0.2) is 0 Å². The first-order chi connectivity index (χ1) is 9.47. The van der Waals surface area contributed by atoms with Crippen LogP contribution in [0.1, 0.15) is 19.8 Å². The Bertz CT molecular complexity index is 464. The number of benzene rings is 1. The van der Waals surface area contributed by atoms with E-state index in [-0.39, 0.29) is 31.3 Å². The average Bonchev–Trinajstić information content (AvgIpc) is 2.36. The lowest BCUT2D eigenvalue weighted by Crippen LogP contribution is -2.30. The van der Waals surface area contributed by atoms with Crippen LogP contribution in [0, 0.1) is 11.7 Å². The van der Waals surface area contributed by atoms with Gasteiger partial charge >= 0.3 is 5.97 Å². The zero-order chi connectivity index (χ0) is 15.0. The van der Waals surface area contributed by atoms with Gasteiger partial charge in [-0.3, -0.25) is 9.59 Å². The molecule has 1 amide bonds. The quantitative estimate of drug-likeness (QED) is 0.763. The van der Waals surface area contributed by atoms with Crippen molar-refractivity contribution in [2.75, 3.05) is 13.2 Å². The number of hydrogen-bond acceptors (Lipinski definition) is 3. The molecular formula is C14H18FNO4.